The van der Waals surface area contributed by atoms with Crippen LogP contribution < -0.4 is 5.32 Å². The van der Waals surface area contributed by atoms with Crippen molar-refractivity contribution in [2.45, 2.75) is 45.7 Å². The Labute approximate surface area is 130 Å². The molecular weight excluding hydrogens is 256 g/mol. The van der Waals surface area contributed by atoms with Gasteiger partial charge in [0.15, 0.2) is 0 Å². The summed E-state index contributed by atoms with van der Waals surface area (Å²) in [5.41, 5.74) is 1.45. The van der Waals surface area contributed by atoms with Gasteiger partial charge in [0.05, 0.1) is 5.54 Å². The van der Waals surface area contributed by atoms with Crippen LogP contribution in [0.5, 0.6) is 0 Å². The van der Waals surface area contributed by atoms with E-state index in [1.54, 1.807) is 0 Å². The number of allylic oxidation sites excluding steroid dienone is 1. The average Bonchev–Trinajstić information content (AvgIpc) is 2.48. The number of nitrogens with one attached hydrogen (secondary N) is 1. The van der Waals surface area contributed by atoms with E-state index in [9.17, 15) is 0 Å². The topological polar surface area (TPSA) is 15.3 Å². The maximum absolute atomic E-state index is 3.80. The van der Waals surface area contributed by atoms with Crippen LogP contribution in [-0.2, 0) is 5.54 Å². The van der Waals surface area contributed by atoms with Crippen molar-refractivity contribution in [1.29, 1.82) is 0 Å². The predicted molar refractivity (Wildman–Crippen MR) is 91.4 cm³/mol. The van der Waals surface area contributed by atoms with Crippen LogP contribution in [0.15, 0.2) is 42.5 Å². The lowest BCUT2D eigenvalue weighted by Gasteiger charge is -2.48. The summed E-state index contributed by atoms with van der Waals surface area (Å²) in [6.45, 7) is 12.4. The highest BCUT2D eigenvalue weighted by Crippen LogP contribution is 2.28. The van der Waals surface area contributed by atoms with E-state index in [4.69, 9.17) is 0 Å². The zero-order valence-corrected chi connectivity index (χ0v) is 14.0. The van der Waals surface area contributed by atoms with Crippen molar-refractivity contribution in [2.75, 3.05) is 19.6 Å². The third-order valence-corrected chi connectivity index (χ3v) is 4.69. The number of hydrogen-bond acceptors (Lipinski definition) is 2. The van der Waals surface area contributed by atoms with Crippen LogP contribution in [0.25, 0.3) is 0 Å². The van der Waals surface area contributed by atoms with Crippen molar-refractivity contribution < 1.29 is 0 Å². The number of nitrogens with zero attached hydrogens (tertiary/aromatic N) is 1. The zero-order valence-electron chi connectivity index (χ0n) is 14.0. The van der Waals surface area contributed by atoms with E-state index in [1.807, 2.05) is 0 Å². The van der Waals surface area contributed by atoms with Gasteiger partial charge in [0.2, 0.25) is 0 Å². The van der Waals surface area contributed by atoms with Gasteiger partial charge in [-0.25, -0.2) is 0 Å². The first-order valence-corrected chi connectivity index (χ1v) is 8.22. The second-order valence-electron chi connectivity index (χ2n) is 6.72. The van der Waals surface area contributed by atoms with Crippen LogP contribution in [-0.4, -0.2) is 30.6 Å². The van der Waals surface area contributed by atoms with E-state index in [0.29, 0.717) is 12.0 Å². The van der Waals surface area contributed by atoms with Crippen LogP contribution in [0.1, 0.15) is 39.7 Å². The number of hydrogen-bond donors (Lipinski definition) is 1. The molecule has 1 aliphatic heterocycles. The molecule has 2 rings (SSSR count). The molecule has 2 atom stereocenters. The third-order valence-electron chi connectivity index (χ3n) is 4.69. The highest BCUT2D eigenvalue weighted by molar-refractivity contribution is 5.25. The largest absolute Gasteiger partial charge is 0.305 e. The molecule has 2 unspecified atom stereocenters. The van der Waals surface area contributed by atoms with Crippen molar-refractivity contribution in [3.8, 4) is 0 Å². The van der Waals surface area contributed by atoms with E-state index in [1.165, 1.54) is 5.56 Å². The van der Waals surface area contributed by atoms with Gasteiger partial charge in [0, 0.05) is 25.7 Å². The Kier molecular flexibility index (Phi) is 5.60. The normalized spacial score (nSPS) is 27.6. The fraction of sp³-hybridized carbons (Fsp3) is 0.579. The van der Waals surface area contributed by atoms with Crippen molar-refractivity contribution in [3.05, 3.63) is 48.0 Å². The standard InChI is InChI=1S/C19H30N2/c1-5-6-10-13-21-15-19(4,17-11-8-7-9-12-17)20-14-18(21)16(2)3/h5-9,11-12,16,18,20H,10,13-15H2,1-4H3/b6-5+. The minimum Gasteiger partial charge on any atom is -0.305 e. The Morgan fingerprint density at radius 1 is 1.33 bits per heavy atom. The fourth-order valence-electron chi connectivity index (χ4n) is 3.35. The second kappa shape index (κ2) is 7.24. The molecule has 1 heterocycles. The lowest BCUT2D eigenvalue weighted by Crippen LogP contribution is -2.62. The van der Waals surface area contributed by atoms with Crippen LogP contribution in [0.4, 0.5) is 0 Å². The molecule has 1 aliphatic rings. The van der Waals surface area contributed by atoms with Gasteiger partial charge in [-0.05, 0) is 31.7 Å². The SMILES string of the molecule is C/C=C/CCN1CC(C)(c2ccccc2)NCC1C(C)C. The summed E-state index contributed by atoms with van der Waals surface area (Å²) in [4.78, 5) is 2.67. The summed E-state index contributed by atoms with van der Waals surface area (Å²) in [5.74, 6) is 0.684. The number of piperazine rings is 1. The number of benzene rings is 1. The minimum absolute atomic E-state index is 0.0581. The smallest absolute Gasteiger partial charge is 0.0535 e. The summed E-state index contributed by atoms with van der Waals surface area (Å²) in [7, 11) is 0. The molecule has 2 heteroatoms. The van der Waals surface area contributed by atoms with Gasteiger partial charge in [0.1, 0.15) is 0 Å². The van der Waals surface area contributed by atoms with Crippen LogP contribution in [0.2, 0.25) is 0 Å². The molecule has 0 aromatic heterocycles. The lowest BCUT2D eigenvalue weighted by atomic mass is 9.86. The average molecular weight is 286 g/mol. The van der Waals surface area contributed by atoms with E-state index in [0.717, 1.165) is 26.1 Å². The van der Waals surface area contributed by atoms with Crippen molar-refractivity contribution in [2.24, 2.45) is 5.92 Å². The van der Waals surface area contributed by atoms with Crippen molar-refractivity contribution >= 4 is 0 Å². The first-order chi connectivity index (χ1) is 10.1. The molecule has 1 aromatic rings. The Balaban J connectivity index is 2.14. The quantitative estimate of drug-likeness (QED) is 0.828. The molecule has 1 aromatic carbocycles. The molecule has 0 amide bonds. The zero-order chi connectivity index (χ0) is 15.3. The molecule has 1 saturated heterocycles. The molecule has 0 radical (unpaired) electrons. The van der Waals surface area contributed by atoms with Crippen molar-refractivity contribution in [3.63, 3.8) is 0 Å². The molecule has 2 nitrogen and oxygen atoms in total. The second-order valence-corrected chi connectivity index (χ2v) is 6.72. The van der Waals surface area contributed by atoms with E-state index >= 15 is 0 Å². The third kappa shape index (κ3) is 3.96. The van der Waals surface area contributed by atoms with E-state index in [-0.39, 0.29) is 5.54 Å². The summed E-state index contributed by atoms with van der Waals surface area (Å²) in [5, 5.41) is 3.80. The molecule has 21 heavy (non-hydrogen) atoms. The van der Waals surface area contributed by atoms with Crippen molar-refractivity contribution in [1.82, 2.24) is 10.2 Å². The van der Waals surface area contributed by atoms with Gasteiger partial charge in [-0.3, -0.25) is 4.90 Å². The summed E-state index contributed by atoms with van der Waals surface area (Å²) in [6, 6.07) is 11.5. The van der Waals surface area contributed by atoms with Crippen LogP contribution >= 0.6 is 0 Å². The first-order valence-electron chi connectivity index (χ1n) is 8.22. The monoisotopic (exact) mass is 286 g/mol. The van der Waals surface area contributed by atoms with Gasteiger partial charge in [-0.15, -0.1) is 0 Å². The van der Waals surface area contributed by atoms with Gasteiger partial charge < -0.3 is 5.32 Å². The molecule has 0 aliphatic carbocycles. The lowest BCUT2D eigenvalue weighted by molar-refractivity contribution is 0.0625. The number of rotatable bonds is 5. The van der Waals surface area contributed by atoms with Gasteiger partial charge in [-0.2, -0.15) is 0 Å². The molecular formula is C19H30N2. The minimum atomic E-state index is 0.0581. The molecule has 1 N–H and O–H groups in total. The fourth-order valence-corrected chi connectivity index (χ4v) is 3.35. The highest BCUT2D eigenvalue weighted by atomic mass is 15.3. The highest BCUT2D eigenvalue weighted by Gasteiger charge is 2.37. The van der Waals surface area contributed by atoms with Gasteiger partial charge in [0.25, 0.3) is 0 Å². The van der Waals surface area contributed by atoms with Crippen LogP contribution in [0.3, 0.4) is 0 Å². The van der Waals surface area contributed by atoms with Crippen LogP contribution in [0, 0.1) is 5.92 Å². The summed E-state index contributed by atoms with van der Waals surface area (Å²) in [6.07, 6.45) is 5.58. The predicted octanol–water partition coefficient (Wildman–Crippen LogP) is 3.80. The van der Waals surface area contributed by atoms with E-state index in [2.05, 4.69) is 80.4 Å². The Morgan fingerprint density at radius 2 is 2.05 bits per heavy atom. The molecule has 1 fully saturated rings. The summed E-state index contributed by atoms with van der Waals surface area (Å²) >= 11 is 0. The molecule has 116 valence electrons. The van der Waals surface area contributed by atoms with E-state index < -0.39 is 0 Å². The van der Waals surface area contributed by atoms with Gasteiger partial charge in [-0.1, -0.05) is 56.3 Å². The molecule has 0 spiro atoms. The first kappa shape index (κ1) is 16.3. The Bertz CT molecular complexity index is 452. The molecule has 0 saturated carbocycles. The maximum Gasteiger partial charge on any atom is 0.0535 e. The Hall–Kier alpha value is -1.12. The Morgan fingerprint density at radius 3 is 2.67 bits per heavy atom. The van der Waals surface area contributed by atoms with Gasteiger partial charge >= 0.3 is 0 Å². The molecule has 0 bridgehead atoms. The maximum atomic E-state index is 3.80. The summed E-state index contributed by atoms with van der Waals surface area (Å²) < 4.78 is 0.